The van der Waals surface area contributed by atoms with Crippen LogP contribution >= 0.6 is 34.5 Å². The predicted molar refractivity (Wildman–Crippen MR) is 64.2 cm³/mol. The molecule has 2 aromatic rings. The minimum Gasteiger partial charge on any atom is -0.398 e. The van der Waals surface area contributed by atoms with Crippen molar-refractivity contribution in [2.75, 3.05) is 5.73 Å². The largest absolute Gasteiger partial charge is 0.398 e. The van der Waals surface area contributed by atoms with E-state index >= 15 is 0 Å². The van der Waals surface area contributed by atoms with E-state index in [1.807, 2.05) is 23.6 Å². The molecule has 0 fully saturated rings. The van der Waals surface area contributed by atoms with Crippen molar-refractivity contribution >= 4 is 40.2 Å². The van der Waals surface area contributed by atoms with Gasteiger partial charge in [-0.3, -0.25) is 0 Å². The number of anilines is 1. The Kier molecular flexibility index (Phi) is 2.68. The first kappa shape index (κ1) is 9.84. The zero-order valence-corrected chi connectivity index (χ0v) is 9.46. The Morgan fingerprint density at radius 1 is 1.07 bits per heavy atom. The molecule has 0 spiro atoms. The third-order valence-electron chi connectivity index (χ3n) is 1.88. The summed E-state index contributed by atoms with van der Waals surface area (Å²) in [6.07, 6.45) is 0. The van der Waals surface area contributed by atoms with Gasteiger partial charge in [-0.05, 0) is 29.1 Å². The molecule has 1 heterocycles. The lowest BCUT2D eigenvalue weighted by atomic mass is 10.2. The van der Waals surface area contributed by atoms with Crippen molar-refractivity contribution in [3.8, 4) is 10.4 Å². The van der Waals surface area contributed by atoms with E-state index in [9.17, 15) is 0 Å². The van der Waals surface area contributed by atoms with E-state index in [1.165, 1.54) is 0 Å². The molecule has 0 saturated carbocycles. The number of rotatable bonds is 1. The normalized spacial score (nSPS) is 10.4. The standard InChI is InChI=1S/C10H7Cl2NS/c11-7-3-4-14-10(7)6-1-2-9(13)8(12)5-6/h1-5H,13H2. The Morgan fingerprint density at radius 2 is 1.86 bits per heavy atom. The lowest BCUT2D eigenvalue weighted by Gasteiger charge is -2.02. The molecular weight excluding hydrogens is 237 g/mol. The van der Waals surface area contributed by atoms with Crippen LogP contribution in [0, 0.1) is 0 Å². The fraction of sp³-hybridized carbons (Fsp3) is 0. The number of thiophene rings is 1. The Labute approximate surface area is 96.1 Å². The molecule has 2 rings (SSSR count). The van der Waals surface area contributed by atoms with Gasteiger partial charge >= 0.3 is 0 Å². The molecule has 2 N–H and O–H groups in total. The Hall–Kier alpha value is -0.700. The van der Waals surface area contributed by atoms with Gasteiger partial charge in [0, 0.05) is 0 Å². The van der Waals surface area contributed by atoms with Gasteiger partial charge in [-0.15, -0.1) is 11.3 Å². The molecule has 0 bridgehead atoms. The summed E-state index contributed by atoms with van der Waals surface area (Å²) in [4.78, 5) is 1.02. The Morgan fingerprint density at radius 3 is 2.43 bits per heavy atom. The number of hydrogen-bond donors (Lipinski definition) is 1. The van der Waals surface area contributed by atoms with E-state index in [1.54, 1.807) is 17.4 Å². The summed E-state index contributed by atoms with van der Waals surface area (Å²) in [5, 5.41) is 3.25. The van der Waals surface area contributed by atoms with Crippen molar-refractivity contribution in [3.63, 3.8) is 0 Å². The molecule has 0 amide bonds. The molecular formula is C10H7Cl2NS. The van der Waals surface area contributed by atoms with Crippen LogP contribution in [0.1, 0.15) is 0 Å². The number of nitrogen functional groups attached to an aromatic ring is 1. The summed E-state index contributed by atoms with van der Waals surface area (Å²) in [5.41, 5.74) is 7.21. The maximum absolute atomic E-state index is 6.00. The second-order valence-electron chi connectivity index (χ2n) is 2.83. The average molecular weight is 244 g/mol. The average Bonchev–Trinajstić information content (AvgIpc) is 2.57. The minimum atomic E-state index is 0.562. The molecule has 0 aliphatic heterocycles. The molecule has 4 heteroatoms. The van der Waals surface area contributed by atoms with Crippen molar-refractivity contribution in [1.82, 2.24) is 0 Å². The van der Waals surface area contributed by atoms with Gasteiger partial charge in [0.25, 0.3) is 0 Å². The summed E-state index contributed by atoms with van der Waals surface area (Å²) in [6, 6.07) is 7.40. The van der Waals surface area contributed by atoms with Crippen molar-refractivity contribution in [3.05, 3.63) is 39.7 Å². The van der Waals surface area contributed by atoms with Crippen LogP contribution in [0.2, 0.25) is 10.0 Å². The molecule has 72 valence electrons. The fourth-order valence-electron chi connectivity index (χ4n) is 1.17. The molecule has 0 radical (unpaired) electrons. The van der Waals surface area contributed by atoms with Gasteiger partial charge in [0.15, 0.2) is 0 Å². The molecule has 14 heavy (non-hydrogen) atoms. The van der Waals surface area contributed by atoms with Crippen LogP contribution in [0.5, 0.6) is 0 Å². The molecule has 0 atom stereocenters. The second-order valence-corrected chi connectivity index (χ2v) is 4.56. The van der Waals surface area contributed by atoms with Crippen LogP contribution in [-0.4, -0.2) is 0 Å². The van der Waals surface area contributed by atoms with Gasteiger partial charge in [-0.1, -0.05) is 29.3 Å². The van der Waals surface area contributed by atoms with Gasteiger partial charge < -0.3 is 5.73 Å². The smallest absolute Gasteiger partial charge is 0.0641 e. The Balaban J connectivity index is 2.53. The van der Waals surface area contributed by atoms with Crippen LogP contribution in [0.15, 0.2) is 29.6 Å². The highest BCUT2D eigenvalue weighted by atomic mass is 35.5. The number of halogens is 2. The van der Waals surface area contributed by atoms with Crippen LogP contribution in [0.3, 0.4) is 0 Å². The number of benzene rings is 1. The van der Waals surface area contributed by atoms with Crippen molar-refractivity contribution in [2.45, 2.75) is 0 Å². The summed E-state index contributed by atoms with van der Waals surface area (Å²) in [5.74, 6) is 0. The molecule has 1 aromatic heterocycles. The summed E-state index contributed by atoms with van der Waals surface area (Å²) in [6.45, 7) is 0. The molecule has 0 unspecified atom stereocenters. The molecule has 0 aliphatic rings. The summed E-state index contributed by atoms with van der Waals surface area (Å²) >= 11 is 13.5. The van der Waals surface area contributed by atoms with E-state index in [2.05, 4.69) is 0 Å². The third-order valence-corrected chi connectivity index (χ3v) is 3.60. The lowest BCUT2D eigenvalue weighted by Crippen LogP contribution is -1.85. The maximum Gasteiger partial charge on any atom is 0.0641 e. The first-order valence-corrected chi connectivity index (χ1v) is 5.60. The van der Waals surface area contributed by atoms with Gasteiger partial charge in [0.2, 0.25) is 0 Å². The van der Waals surface area contributed by atoms with Crippen LogP contribution < -0.4 is 5.73 Å². The quantitative estimate of drug-likeness (QED) is 0.743. The van der Waals surface area contributed by atoms with Gasteiger partial charge in [-0.25, -0.2) is 0 Å². The highest BCUT2D eigenvalue weighted by Gasteiger charge is 2.06. The monoisotopic (exact) mass is 243 g/mol. The zero-order valence-electron chi connectivity index (χ0n) is 7.13. The van der Waals surface area contributed by atoms with Crippen LogP contribution in [0.25, 0.3) is 10.4 Å². The van der Waals surface area contributed by atoms with E-state index in [0.717, 1.165) is 15.5 Å². The van der Waals surface area contributed by atoms with Crippen molar-refractivity contribution in [1.29, 1.82) is 0 Å². The van der Waals surface area contributed by atoms with Gasteiger partial charge in [0.05, 0.1) is 20.6 Å². The van der Waals surface area contributed by atoms with E-state index < -0.39 is 0 Å². The van der Waals surface area contributed by atoms with Crippen molar-refractivity contribution in [2.24, 2.45) is 0 Å². The molecule has 0 aliphatic carbocycles. The number of hydrogen-bond acceptors (Lipinski definition) is 2. The molecule has 0 saturated heterocycles. The third kappa shape index (κ3) is 1.73. The molecule has 1 nitrogen and oxygen atoms in total. The van der Waals surface area contributed by atoms with Crippen molar-refractivity contribution < 1.29 is 0 Å². The van der Waals surface area contributed by atoms with E-state index in [-0.39, 0.29) is 0 Å². The highest BCUT2D eigenvalue weighted by Crippen LogP contribution is 2.35. The predicted octanol–water partition coefficient (Wildman–Crippen LogP) is 4.30. The van der Waals surface area contributed by atoms with E-state index in [4.69, 9.17) is 28.9 Å². The minimum absolute atomic E-state index is 0.562. The maximum atomic E-state index is 6.00. The van der Waals surface area contributed by atoms with Gasteiger partial charge in [-0.2, -0.15) is 0 Å². The van der Waals surface area contributed by atoms with Gasteiger partial charge in [0.1, 0.15) is 0 Å². The first-order chi connectivity index (χ1) is 6.68. The van der Waals surface area contributed by atoms with E-state index in [0.29, 0.717) is 10.7 Å². The fourth-order valence-corrected chi connectivity index (χ4v) is 2.51. The highest BCUT2D eigenvalue weighted by molar-refractivity contribution is 7.14. The topological polar surface area (TPSA) is 26.0 Å². The SMILES string of the molecule is Nc1ccc(-c2sccc2Cl)cc1Cl. The number of nitrogens with two attached hydrogens (primary N) is 1. The Bertz CT molecular complexity index is 465. The first-order valence-electron chi connectivity index (χ1n) is 3.97. The van der Waals surface area contributed by atoms with Crippen LogP contribution in [0.4, 0.5) is 5.69 Å². The lowest BCUT2D eigenvalue weighted by molar-refractivity contribution is 1.67. The summed E-state index contributed by atoms with van der Waals surface area (Å²) in [7, 11) is 0. The second kappa shape index (κ2) is 3.81. The summed E-state index contributed by atoms with van der Waals surface area (Å²) < 4.78 is 0. The molecule has 1 aromatic carbocycles. The van der Waals surface area contributed by atoms with Crippen LogP contribution in [-0.2, 0) is 0 Å². The zero-order chi connectivity index (χ0) is 10.1.